The molecule has 0 aliphatic carbocycles. The fourth-order valence-electron chi connectivity index (χ4n) is 2.73. The minimum Gasteiger partial charge on any atom is -0.338 e. The molecule has 2 aromatic rings. The van der Waals surface area contributed by atoms with Gasteiger partial charge in [-0.1, -0.05) is 6.92 Å². The third kappa shape index (κ3) is 2.83. The van der Waals surface area contributed by atoms with Gasteiger partial charge in [-0.15, -0.1) is 21.5 Å². The molecule has 1 aliphatic heterocycles. The topological polar surface area (TPSA) is 63.9 Å². The molecule has 0 N–H and O–H groups in total. The van der Waals surface area contributed by atoms with Crippen LogP contribution in [-0.2, 0) is 13.5 Å². The van der Waals surface area contributed by atoms with Gasteiger partial charge in [-0.3, -0.25) is 4.79 Å². The molecule has 1 saturated heterocycles. The van der Waals surface area contributed by atoms with Gasteiger partial charge in [0.1, 0.15) is 17.0 Å². The highest BCUT2D eigenvalue weighted by atomic mass is 32.1. The first kappa shape index (κ1) is 14.2. The average molecular weight is 305 g/mol. The number of hydrogen-bond acceptors (Lipinski definition) is 5. The monoisotopic (exact) mass is 305 g/mol. The lowest BCUT2D eigenvalue weighted by Gasteiger charge is -2.31. The van der Waals surface area contributed by atoms with Gasteiger partial charge in [0.25, 0.3) is 5.91 Å². The van der Waals surface area contributed by atoms with E-state index in [0.717, 1.165) is 48.1 Å². The summed E-state index contributed by atoms with van der Waals surface area (Å²) in [5.74, 6) is 1.53. The molecule has 0 saturated carbocycles. The first-order valence-electron chi connectivity index (χ1n) is 7.27. The number of carbonyl (C=O) groups excluding carboxylic acids is 1. The van der Waals surface area contributed by atoms with E-state index < -0.39 is 0 Å². The van der Waals surface area contributed by atoms with Crippen molar-refractivity contribution in [1.82, 2.24) is 24.6 Å². The van der Waals surface area contributed by atoms with Crippen LogP contribution in [0.4, 0.5) is 0 Å². The van der Waals surface area contributed by atoms with E-state index in [9.17, 15) is 4.79 Å². The van der Waals surface area contributed by atoms with Gasteiger partial charge in [0, 0.05) is 26.1 Å². The molecule has 0 spiro atoms. The molecule has 0 bridgehead atoms. The summed E-state index contributed by atoms with van der Waals surface area (Å²) in [4.78, 5) is 19.4. The molecular weight excluding hydrogens is 286 g/mol. The van der Waals surface area contributed by atoms with Crippen molar-refractivity contribution in [3.05, 3.63) is 28.2 Å². The van der Waals surface area contributed by atoms with E-state index in [-0.39, 0.29) is 5.91 Å². The summed E-state index contributed by atoms with van der Waals surface area (Å²) in [5.41, 5.74) is 0. The molecule has 1 fully saturated rings. The maximum absolute atomic E-state index is 12.5. The fraction of sp³-hybridized carbons (Fsp3) is 0.571. The van der Waals surface area contributed by atoms with Crippen LogP contribution in [0.2, 0.25) is 0 Å². The van der Waals surface area contributed by atoms with Gasteiger partial charge in [0.05, 0.1) is 11.2 Å². The van der Waals surface area contributed by atoms with Crippen molar-refractivity contribution < 1.29 is 4.79 Å². The third-order valence-corrected chi connectivity index (χ3v) is 5.09. The number of carbonyl (C=O) groups is 1. The van der Waals surface area contributed by atoms with Gasteiger partial charge in [0.15, 0.2) is 0 Å². The molecule has 21 heavy (non-hydrogen) atoms. The van der Waals surface area contributed by atoms with Crippen LogP contribution in [0, 0.1) is 0 Å². The van der Waals surface area contributed by atoms with E-state index in [4.69, 9.17) is 0 Å². The lowest BCUT2D eigenvalue weighted by Crippen LogP contribution is -2.38. The van der Waals surface area contributed by atoms with E-state index in [1.54, 1.807) is 12.5 Å². The van der Waals surface area contributed by atoms with Crippen molar-refractivity contribution in [3.63, 3.8) is 0 Å². The zero-order valence-corrected chi connectivity index (χ0v) is 13.1. The van der Waals surface area contributed by atoms with Gasteiger partial charge >= 0.3 is 0 Å². The number of amides is 1. The minimum absolute atomic E-state index is 0.114. The molecule has 3 heterocycles. The van der Waals surface area contributed by atoms with E-state index in [1.165, 1.54) is 11.3 Å². The van der Waals surface area contributed by atoms with Crippen LogP contribution in [0.1, 0.15) is 46.2 Å². The van der Waals surface area contributed by atoms with E-state index in [1.807, 2.05) is 16.5 Å². The number of aromatic nitrogens is 4. The molecule has 3 rings (SSSR count). The highest BCUT2D eigenvalue weighted by Crippen LogP contribution is 2.27. The molecule has 0 radical (unpaired) electrons. The van der Waals surface area contributed by atoms with Crippen molar-refractivity contribution in [3.8, 4) is 0 Å². The second kappa shape index (κ2) is 5.93. The molecule has 0 aromatic carbocycles. The Morgan fingerprint density at radius 1 is 1.43 bits per heavy atom. The van der Waals surface area contributed by atoms with Crippen molar-refractivity contribution in [2.45, 2.75) is 32.1 Å². The molecule has 112 valence electrons. The van der Waals surface area contributed by atoms with Crippen molar-refractivity contribution in [2.24, 2.45) is 7.05 Å². The number of nitrogens with zero attached hydrogens (tertiary/aromatic N) is 5. The number of piperidine rings is 1. The Balaban J connectivity index is 1.63. The number of thiazole rings is 1. The normalized spacial score (nSPS) is 16.4. The summed E-state index contributed by atoms with van der Waals surface area (Å²) < 4.78 is 1.97. The highest BCUT2D eigenvalue weighted by Gasteiger charge is 2.27. The Bertz CT molecular complexity index is 627. The van der Waals surface area contributed by atoms with Gasteiger partial charge < -0.3 is 9.47 Å². The van der Waals surface area contributed by atoms with Crippen LogP contribution >= 0.6 is 11.3 Å². The molecule has 2 aromatic heterocycles. The standard InChI is InChI=1S/C14H19N5OS/c1-3-12-15-8-11(21-12)14(20)19-6-4-10(5-7-19)13-17-16-9-18(13)2/h8-10H,3-7H2,1-2H3. The average Bonchev–Trinajstić information content (AvgIpc) is 3.15. The van der Waals surface area contributed by atoms with E-state index in [0.29, 0.717) is 5.92 Å². The summed E-state index contributed by atoms with van der Waals surface area (Å²) in [6.45, 7) is 3.60. The number of hydrogen-bond donors (Lipinski definition) is 0. The molecule has 7 heteroatoms. The Morgan fingerprint density at radius 2 is 2.19 bits per heavy atom. The molecule has 1 amide bonds. The van der Waals surface area contributed by atoms with Crippen LogP contribution in [0.3, 0.4) is 0 Å². The SMILES string of the molecule is CCc1ncc(C(=O)N2CCC(c3nncn3C)CC2)s1. The Kier molecular flexibility index (Phi) is 4.01. The quantitative estimate of drug-likeness (QED) is 0.868. The predicted molar refractivity (Wildman–Crippen MR) is 80.4 cm³/mol. The highest BCUT2D eigenvalue weighted by molar-refractivity contribution is 7.13. The summed E-state index contributed by atoms with van der Waals surface area (Å²) >= 11 is 1.51. The van der Waals surface area contributed by atoms with E-state index >= 15 is 0 Å². The predicted octanol–water partition coefficient (Wildman–Crippen LogP) is 1.85. The second-order valence-electron chi connectivity index (χ2n) is 5.34. The summed E-state index contributed by atoms with van der Waals surface area (Å²) in [6, 6.07) is 0. The van der Waals surface area contributed by atoms with E-state index in [2.05, 4.69) is 22.1 Å². The van der Waals surface area contributed by atoms with Crippen LogP contribution < -0.4 is 0 Å². The zero-order valence-electron chi connectivity index (χ0n) is 12.3. The van der Waals surface area contributed by atoms with Crippen molar-refractivity contribution >= 4 is 17.2 Å². The molecule has 0 atom stereocenters. The largest absolute Gasteiger partial charge is 0.338 e. The van der Waals surface area contributed by atoms with Gasteiger partial charge in [0.2, 0.25) is 0 Å². The van der Waals surface area contributed by atoms with Gasteiger partial charge in [-0.05, 0) is 19.3 Å². The Morgan fingerprint density at radius 3 is 2.76 bits per heavy atom. The Labute approximate surface area is 127 Å². The van der Waals surface area contributed by atoms with Crippen LogP contribution in [0.25, 0.3) is 0 Å². The van der Waals surface area contributed by atoms with Crippen LogP contribution in [0.15, 0.2) is 12.5 Å². The van der Waals surface area contributed by atoms with Crippen LogP contribution in [0.5, 0.6) is 0 Å². The molecule has 1 aliphatic rings. The maximum atomic E-state index is 12.5. The van der Waals surface area contributed by atoms with Gasteiger partial charge in [-0.25, -0.2) is 4.98 Å². The smallest absolute Gasteiger partial charge is 0.265 e. The zero-order chi connectivity index (χ0) is 14.8. The third-order valence-electron chi connectivity index (χ3n) is 3.96. The molecule has 0 unspecified atom stereocenters. The first-order valence-corrected chi connectivity index (χ1v) is 8.08. The summed E-state index contributed by atoms with van der Waals surface area (Å²) in [7, 11) is 1.97. The number of rotatable bonds is 3. The Hall–Kier alpha value is -1.76. The van der Waals surface area contributed by atoms with Crippen LogP contribution in [-0.4, -0.2) is 43.6 Å². The second-order valence-corrected chi connectivity index (χ2v) is 6.45. The van der Waals surface area contributed by atoms with Crippen molar-refractivity contribution in [2.75, 3.05) is 13.1 Å². The lowest BCUT2D eigenvalue weighted by atomic mass is 9.96. The fourth-order valence-corrected chi connectivity index (χ4v) is 3.56. The minimum atomic E-state index is 0.114. The number of aryl methyl sites for hydroxylation is 2. The summed E-state index contributed by atoms with van der Waals surface area (Å²) in [6.07, 6.45) is 6.21. The molecule has 6 nitrogen and oxygen atoms in total. The lowest BCUT2D eigenvalue weighted by molar-refractivity contribution is 0.0715. The first-order chi connectivity index (χ1) is 10.2. The van der Waals surface area contributed by atoms with Crippen molar-refractivity contribution in [1.29, 1.82) is 0 Å². The van der Waals surface area contributed by atoms with Gasteiger partial charge in [-0.2, -0.15) is 0 Å². The molecular formula is C14H19N5OS. The number of likely N-dealkylation sites (tertiary alicyclic amines) is 1. The maximum Gasteiger partial charge on any atom is 0.265 e. The summed E-state index contributed by atoms with van der Waals surface area (Å²) in [5, 5.41) is 9.14.